The van der Waals surface area contributed by atoms with Crippen molar-refractivity contribution in [3.8, 4) is 0 Å². The smallest absolute Gasteiger partial charge is 0.0655 e. The quantitative estimate of drug-likeness (QED) is 0.184. The van der Waals surface area contributed by atoms with Crippen LogP contribution >= 0.6 is 16.4 Å². The average Bonchev–Trinajstić information content (AvgIpc) is 2.83. The van der Waals surface area contributed by atoms with Gasteiger partial charge in [-0.25, -0.2) is 0 Å². The molecule has 0 amide bonds. The Kier molecular flexibility index (Phi) is 11.6. The molecule has 0 aliphatic rings. The highest BCUT2D eigenvalue weighted by Gasteiger charge is 2.42. The van der Waals surface area contributed by atoms with Crippen molar-refractivity contribution < 1.29 is 0 Å². The molecule has 0 N–H and O–H groups in total. The summed E-state index contributed by atoms with van der Waals surface area (Å²) < 4.78 is 0. The molecule has 2 atom stereocenters. The van der Waals surface area contributed by atoms with Crippen LogP contribution < -0.4 is 21.0 Å². The standard InChI is InChI=1S/C46H76P2Si2/c1-41(2,3)29-25-31(43(7,8)9)35(32(26-29)44(10,11)12)47-37-38(40(50(22,23)24)39(37)49(19,20)21)48-36-33(45(13,14)15)27-30(42(4,5)6)28-34(36)46(16,17)18/h25-28H,1-24H3/p+2. The molecule has 0 saturated carbocycles. The summed E-state index contributed by atoms with van der Waals surface area (Å²) in [5.41, 5.74) is 9.60. The zero-order valence-electron chi connectivity index (χ0n) is 37.3. The molecular formula is C46H78P2Si2+2. The lowest BCUT2D eigenvalue weighted by Gasteiger charge is -2.31. The fourth-order valence-corrected chi connectivity index (χ4v) is 20.3. The maximum Gasteiger partial charge on any atom is 0.195 e. The zero-order chi connectivity index (χ0) is 39.2. The number of rotatable bonds is 4. The van der Waals surface area contributed by atoms with Gasteiger partial charge in [-0.2, -0.15) is 0 Å². The van der Waals surface area contributed by atoms with Crippen molar-refractivity contribution in [3.63, 3.8) is 0 Å². The molecule has 0 fully saturated rings. The van der Waals surface area contributed by atoms with E-state index in [9.17, 15) is 0 Å². The Morgan fingerprint density at radius 1 is 0.340 bits per heavy atom. The van der Waals surface area contributed by atoms with Crippen LogP contribution in [-0.4, -0.2) is 16.1 Å². The van der Waals surface area contributed by atoms with Crippen LogP contribution in [0.15, 0.2) is 24.3 Å². The number of benzene rings is 2. The largest absolute Gasteiger partial charge is 0.195 e. The molecule has 0 saturated heterocycles. The van der Waals surface area contributed by atoms with Gasteiger partial charge in [0.05, 0.1) is 16.1 Å². The van der Waals surface area contributed by atoms with Gasteiger partial charge in [0.2, 0.25) is 0 Å². The number of hydrogen-bond acceptors (Lipinski definition) is 0. The Labute approximate surface area is 316 Å². The summed E-state index contributed by atoms with van der Waals surface area (Å²) in [6.45, 7) is 59.3. The van der Waals surface area contributed by atoms with Crippen molar-refractivity contribution in [2.24, 2.45) is 0 Å². The van der Waals surface area contributed by atoms with E-state index in [1.165, 1.54) is 11.1 Å². The Morgan fingerprint density at radius 3 is 0.680 bits per heavy atom. The molecule has 0 aromatic heterocycles. The summed E-state index contributed by atoms with van der Waals surface area (Å²) in [4.78, 5) is 3.47. The predicted octanol–water partition coefficient (Wildman–Crippen LogP) is 12.5. The minimum absolute atomic E-state index is 0.0581. The van der Waals surface area contributed by atoms with Gasteiger partial charge in [-0.1, -0.05) is 188 Å². The molecule has 2 unspecified atom stereocenters. The van der Waals surface area contributed by atoms with Gasteiger partial charge in [0.25, 0.3) is 0 Å². The molecule has 0 aliphatic heterocycles. The summed E-state index contributed by atoms with van der Waals surface area (Å²) in [5, 5.41) is 6.88. The molecule has 50 heavy (non-hydrogen) atoms. The van der Waals surface area contributed by atoms with Crippen LogP contribution in [0.3, 0.4) is 0 Å². The van der Waals surface area contributed by atoms with E-state index in [4.69, 9.17) is 0 Å². The van der Waals surface area contributed by atoms with Crippen LogP contribution in [0, 0.1) is 9.88 Å². The molecule has 0 aliphatic carbocycles. The van der Waals surface area contributed by atoms with Crippen LogP contribution in [0.5, 0.6) is 0 Å². The van der Waals surface area contributed by atoms with Crippen LogP contribution in [0.4, 0.5) is 0 Å². The van der Waals surface area contributed by atoms with Crippen LogP contribution in [0.2, 0.25) is 39.3 Å². The first kappa shape index (κ1) is 43.4. The molecular weight excluding hydrogens is 671 g/mol. The molecule has 4 heteroatoms. The fraction of sp³-hybridized carbons (Fsp3) is 0.652. The molecule has 0 spiro atoms. The van der Waals surface area contributed by atoms with Crippen LogP contribution in [0.25, 0.3) is 0 Å². The van der Waals surface area contributed by atoms with E-state index in [2.05, 4.69) is 188 Å². The van der Waals surface area contributed by atoms with Gasteiger partial charge in [0.15, 0.2) is 20.5 Å². The van der Waals surface area contributed by atoms with Crippen molar-refractivity contribution in [3.05, 3.63) is 67.5 Å². The minimum atomic E-state index is -1.66. The summed E-state index contributed by atoms with van der Waals surface area (Å²) >= 11 is 0. The lowest BCUT2D eigenvalue weighted by Crippen LogP contribution is -2.61. The van der Waals surface area contributed by atoms with Crippen molar-refractivity contribution in [1.29, 1.82) is 0 Å². The Bertz CT molecular complexity index is 1630. The monoisotopic (exact) mass is 749 g/mol. The summed E-state index contributed by atoms with van der Waals surface area (Å²) in [7, 11) is -1.95. The van der Waals surface area contributed by atoms with Gasteiger partial charge in [0.1, 0.15) is 16.4 Å². The van der Waals surface area contributed by atoms with Gasteiger partial charge in [0, 0.05) is 22.3 Å². The molecule has 278 valence electrons. The van der Waals surface area contributed by atoms with Gasteiger partial charge >= 0.3 is 0 Å². The van der Waals surface area contributed by atoms with Crippen molar-refractivity contribution >= 4 is 53.5 Å². The summed E-state index contributed by atoms with van der Waals surface area (Å²) in [6, 6.07) is 10.4. The van der Waals surface area contributed by atoms with E-state index >= 15 is 0 Å². The first-order valence-electron chi connectivity index (χ1n) is 19.3. The molecule has 0 heterocycles. The first-order chi connectivity index (χ1) is 21.9. The van der Waals surface area contributed by atoms with E-state index < -0.39 is 16.1 Å². The molecule has 0 radical (unpaired) electrons. The highest BCUT2D eigenvalue weighted by molar-refractivity contribution is 7.43. The van der Waals surface area contributed by atoms with E-state index in [0.717, 1.165) is 0 Å². The topological polar surface area (TPSA) is 0 Å². The van der Waals surface area contributed by atoms with Gasteiger partial charge in [-0.15, -0.1) is 0 Å². The normalized spacial score (nSPS) is 15.4. The predicted molar refractivity (Wildman–Crippen MR) is 242 cm³/mol. The Balaban J connectivity index is 2.83. The second-order valence-corrected chi connectivity index (χ2v) is 36.1. The van der Waals surface area contributed by atoms with E-state index in [1.807, 2.05) is 10.4 Å². The third-order valence-corrected chi connectivity index (χ3v) is 18.3. The van der Waals surface area contributed by atoms with Crippen molar-refractivity contribution in [2.75, 3.05) is 0 Å². The lowest BCUT2D eigenvalue weighted by molar-refractivity contribution is 0.553. The minimum Gasteiger partial charge on any atom is -0.0655 e. The number of hydrogen-bond donors (Lipinski definition) is 0. The second-order valence-electron chi connectivity index (χ2n) is 23.6. The maximum absolute atomic E-state index is 2.62. The van der Waals surface area contributed by atoms with Gasteiger partial charge in [-0.3, -0.25) is 0 Å². The first-order valence-corrected chi connectivity index (χ1v) is 28.3. The summed E-state index contributed by atoms with van der Waals surface area (Å²) in [5.74, 6) is 0. The van der Waals surface area contributed by atoms with E-state index in [0.29, 0.717) is 16.4 Å². The second kappa shape index (κ2) is 13.4. The fourth-order valence-electron chi connectivity index (χ4n) is 7.22. The maximum atomic E-state index is 2.62. The molecule has 3 aromatic rings. The van der Waals surface area contributed by atoms with Crippen LogP contribution in [-0.2, 0) is 32.5 Å². The SMILES string of the molecule is CC(C)(C)c1cc(C(C)(C)C)c([PH+]=c2c([Si](C)(C)C)c([Si](C)(C)C)c2=[PH+]c2c(C(C)(C)C)cc(C(C)(C)C)cc2C(C)(C)C)c(C(C)(C)C)c1. The van der Waals surface area contributed by atoms with Crippen molar-refractivity contribution in [1.82, 2.24) is 0 Å². The molecule has 0 bridgehead atoms. The van der Waals surface area contributed by atoms with Crippen molar-refractivity contribution in [2.45, 2.75) is 196 Å². The molecule has 3 rings (SSSR count). The van der Waals surface area contributed by atoms with Gasteiger partial charge in [-0.05, 0) is 54.0 Å². The van der Waals surface area contributed by atoms with Crippen LogP contribution in [0.1, 0.15) is 158 Å². The third kappa shape index (κ3) is 9.35. The van der Waals surface area contributed by atoms with E-state index in [1.54, 1.807) is 42.7 Å². The molecule has 3 aromatic carbocycles. The Hall–Kier alpha value is -1.05. The van der Waals surface area contributed by atoms with E-state index in [-0.39, 0.29) is 32.5 Å². The lowest BCUT2D eigenvalue weighted by atomic mass is 9.75. The van der Waals surface area contributed by atoms with Gasteiger partial charge < -0.3 is 0 Å². The third-order valence-electron chi connectivity index (χ3n) is 10.2. The molecule has 0 nitrogen and oxygen atoms in total. The highest BCUT2D eigenvalue weighted by Crippen LogP contribution is 2.39. The zero-order valence-corrected chi connectivity index (χ0v) is 41.3. The average molecular weight is 749 g/mol. The highest BCUT2D eigenvalue weighted by atomic mass is 31.1. The Morgan fingerprint density at radius 2 is 0.540 bits per heavy atom. The summed E-state index contributed by atoms with van der Waals surface area (Å²) in [6.07, 6.45) is 0.